The van der Waals surface area contributed by atoms with Crippen LogP contribution in [0.15, 0.2) is 18.2 Å². The first-order chi connectivity index (χ1) is 6.61. The molecule has 0 aromatic heterocycles. The van der Waals surface area contributed by atoms with Crippen LogP contribution in [0.5, 0.6) is 5.75 Å². The summed E-state index contributed by atoms with van der Waals surface area (Å²) in [6.45, 7) is 7.02. The van der Waals surface area contributed by atoms with Crippen LogP contribution < -0.4 is 4.74 Å². The number of benzene rings is 1. The van der Waals surface area contributed by atoms with Gasteiger partial charge in [-0.25, -0.2) is 0 Å². The molecule has 0 amide bonds. The van der Waals surface area contributed by atoms with E-state index in [0.717, 1.165) is 18.8 Å². The molecule has 1 aromatic carbocycles. The van der Waals surface area contributed by atoms with Crippen LogP contribution in [0.2, 0.25) is 0 Å². The molecular weight excluding hydrogens is 192 g/mol. The number of rotatable bonds is 4. The normalized spacial score (nSPS) is 12.6. The Morgan fingerprint density at radius 3 is 2.71 bits per heavy atom. The molecule has 0 aliphatic heterocycles. The van der Waals surface area contributed by atoms with Gasteiger partial charge in [-0.05, 0) is 37.5 Å². The van der Waals surface area contributed by atoms with Gasteiger partial charge in [-0.15, -0.1) is 0 Å². The lowest BCUT2D eigenvalue weighted by Crippen LogP contribution is -2.04. The molecule has 0 saturated carbocycles. The Labute approximate surface area is 91.9 Å². The van der Waals surface area contributed by atoms with Crippen LogP contribution in [0.4, 0.5) is 0 Å². The molecule has 1 nitrogen and oxygen atoms in total. The zero-order valence-electron chi connectivity index (χ0n) is 9.08. The van der Waals surface area contributed by atoms with E-state index in [2.05, 4.69) is 39.5 Å². The van der Waals surface area contributed by atoms with Gasteiger partial charge in [0.25, 0.3) is 0 Å². The minimum Gasteiger partial charge on any atom is -0.493 e. The lowest BCUT2D eigenvalue weighted by atomic mass is 10.1. The van der Waals surface area contributed by atoms with Crippen molar-refractivity contribution in [2.24, 2.45) is 0 Å². The monoisotopic (exact) mass is 210 g/mol. The highest BCUT2D eigenvalue weighted by atomic mass is 32.1. The molecule has 0 radical (unpaired) electrons. The van der Waals surface area contributed by atoms with Crippen molar-refractivity contribution in [3.8, 4) is 5.75 Å². The number of hydrogen-bond donors (Lipinski definition) is 1. The fourth-order valence-electron chi connectivity index (χ4n) is 1.22. The summed E-state index contributed by atoms with van der Waals surface area (Å²) in [6, 6.07) is 6.15. The Morgan fingerprint density at radius 2 is 2.07 bits per heavy atom. The topological polar surface area (TPSA) is 9.23 Å². The Bertz CT molecular complexity index is 294. The van der Waals surface area contributed by atoms with Crippen LogP contribution in [0.25, 0.3) is 0 Å². The fraction of sp³-hybridized carbons (Fsp3) is 0.500. The van der Waals surface area contributed by atoms with E-state index >= 15 is 0 Å². The molecule has 1 rings (SSSR count). The van der Waals surface area contributed by atoms with Crippen LogP contribution in [0, 0.1) is 13.8 Å². The first kappa shape index (κ1) is 11.4. The zero-order valence-corrected chi connectivity index (χ0v) is 9.97. The second kappa shape index (κ2) is 5.30. The van der Waals surface area contributed by atoms with E-state index < -0.39 is 0 Å². The van der Waals surface area contributed by atoms with E-state index in [1.54, 1.807) is 0 Å². The van der Waals surface area contributed by atoms with Gasteiger partial charge < -0.3 is 4.74 Å². The lowest BCUT2D eigenvalue weighted by Gasteiger charge is -2.11. The molecular formula is C12H18OS. The molecule has 0 aliphatic rings. The molecule has 0 fully saturated rings. The summed E-state index contributed by atoms with van der Waals surface area (Å²) in [5.74, 6) is 0.999. The van der Waals surface area contributed by atoms with Crippen molar-refractivity contribution in [2.45, 2.75) is 32.4 Å². The maximum Gasteiger partial charge on any atom is 0.122 e. The smallest absolute Gasteiger partial charge is 0.122 e. The average Bonchev–Trinajstić information content (AvgIpc) is 2.12. The summed E-state index contributed by atoms with van der Waals surface area (Å²) in [5, 5.41) is 0.403. The van der Waals surface area contributed by atoms with Gasteiger partial charge in [0.1, 0.15) is 5.75 Å². The highest BCUT2D eigenvalue weighted by Crippen LogP contribution is 2.20. The van der Waals surface area contributed by atoms with Crippen LogP contribution in [0.3, 0.4) is 0 Å². The highest BCUT2D eigenvalue weighted by molar-refractivity contribution is 7.80. The Hall–Kier alpha value is -0.630. The van der Waals surface area contributed by atoms with Gasteiger partial charge in [-0.3, -0.25) is 0 Å². The van der Waals surface area contributed by atoms with E-state index in [1.807, 2.05) is 12.1 Å². The SMILES string of the molecule is Cc1cccc(OCCC(C)S)c1C. The number of thiol groups is 1. The van der Waals surface area contributed by atoms with Crippen molar-refractivity contribution in [1.82, 2.24) is 0 Å². The van der Waals surface area contributed by atoms with Gasteiger partial charge >= 0.3 is 0 Å². The van der Waals surface area contributed by atoms with Gasteiger partial charge in [0, 0.05) is 5.25 Å². The predicted molar refractivity (Wildman–Crippen MR) is 64.5 cm³/mol. The molecule has 1 atom stereocenters. The van der Waals surface area contributed by atoms with Crippen molar-refractivity contribution >= 4 is 12.6 Å². The molecule has 14 heavy (non-hydrogen) atoms. The zero-order chi connectivity index (χ0) is 10.6. The average molecular weight is 210 g/mol. The molecule has 0 N–H and O–H groups in total. The molecule has 0 spiro atoms. The standard InChI is InChI=1S/C12H18OS/c1-9-5-4-6-12(11(9)3)13-8-7-10(2)14/h4-6,10,14H,7-8H2,1-3H3. The molecule has 0 aliphatic carbocycles. The second-order valence-electron chi connectivity index (χ2n) is 3.68. The Morgan fingerprint density at radius 1 is 1.36 bits per heavy atom. The Balaban J connectivity index is 2.54. The molecule has 2 heteroatoms. The quantitative estimate of drug-likeness (QED) is 0.749. The molecule has 1 aromatic rings. The lowest BCUT2D eigenvalue weighted by molar-refractivity contribution is 0.309. The van der Waals surface area contributed by atoms with E-state index in [-0.39, 0.29) is 0 Å². The largest absolute Gasteiger partial charge is 0.493 e. The van der Waals surface area contributed by atoms with Crippen molar-refractivity contribution in [1.29, 1.82) is 0 Å². The molecule has 0 heterocycles. The van der Waals surface area contributed by atoms with Gasteiger partial charge in [-0.2, -0.15) is 12.6 Å². The summed E-state index contributed by atoms with van der Waals surface area (Å²) in [4.78, 5) is 0. The maximum absolute atomic E-state index is 5.68. The number of hydrogen-bond acceptors (Lipinski definition) is 2. The minimum absolute atomic E-state index is 0.403. The summed E-state index contributed by atoms with van der Waals surface area (Å²) in [5.41, 5.74) is 2.51. The van der Waals surface area contributed by atoms with E-state index in [4.69, 9.17) is 4.74 Å². The van der Waals surface area contributed by atoms with Gasteiger partial charge in [0.15, 0.2) is 0 Å². The molecule has 1 unspecified atom stereocenters. The fourth-order valence-corrected chi connectivity index (χ4v) is 1.33. The summed E-state index contributed by atoms with van der Waals surface area (Å²) in [6.07, 6.45) is 0.983. The first-order valence-corrected chi connectivity index (χ1v) is 5.50. The van der Waals surface area contributed by atoms with Crippen molar-refractivity contribution in [3.63, 3.8) is 0 Å². The van der Waals surface area contributed by atoms with Gasteiger partial charge in [-0.1, -0.05) is 19.1 Å². The third kappa shape index (κ3) is 3.26. The van der Waals surface area contributed by atoms with Crippen molar-refractivity contribution < 1.29 is 4.74 Å². The minimum atomic E-state index is 0.403. The summed E-state index contributed by atoms with van der Waals surface area (Å²) < 4.78 is 5.68. The summed E-state index contributed by atoms with van der Waals surface area (Å²) in [7, 11) is 0. The van der Waals surface area contributed by atoms with Crippen molar-refractivity contribution in [3.05, 3.63) is 29.3 Å². The van der Waals surface area contributed by atoms with E-state index in [1.165, 1.54) is 11.1 Å². The van der Waals surface area contributed by atoms with Gasteiger partial charge in [0.2, 0.25) is 0 Å². The third-order valence-corrected chi connectivity index (χ3v) is 2.61. The molecule has 78 valence electrons. The highest BCUT2D eigenvalue weighted by Gasteiger charge is 2.01. The van der Waals surface area contributed by atoms with Crippen LogP contribution in [0.1, 0.15) is 24.5 Å². The van der Waals surface area contributed by atoms with E-state index in [0.29, 0.717) is 5.25 Å². The van der Waals surface area contributed by atoms with Gasteiger partial charge in [0.05, 0.1) is 6.61 Å². The first-order valence-electron chi connectivity index (χ1n) is 4.98. The van der Waals surface area contributed by atoms with Crippen LogP contribution >= 0.6 is 12.6 Å². The summed E-state index contributed by atoms with van der Waals surface area (Å²) >= 11 is 4.31. The third-order valence-electron chi connectivity index (χ3n) is 2.35. The van der Waals surface area contributed by atoms with Crippen LogP contribution in [-0.4, -0.2) is 11.9 Å². The predicted octanol–water partition coefficient (Wildman–Crippen LogP) is 3.39. The maximum atomic E-state index is 5.68. The molecule has 0 bridgehead atoms. The second-order valence-corrected chi connectivity index (χ2v) is 4.57. The van der Waals surface area contributed by atoms with E-state index in [9.17, 15) is 0 Å². The number of ether oxygens (including phenoxy) is 1. The molecule has 0 saturated heterocycles. The number of aryl methyl sites for hydroxylation is 1. The van der Waals surface area contributed by atoms with Crippen LogP contribution in [-0.2, 0) is 0 Å². The Kier molecular flexibility index (Phi) is 4.33. The van der Waals surface area contributed by atoms with Crippen molar-refractivity contribution in [2.75, 3.05) is 6.61 Å².